The molecule has 1 rings (SSSR count). The second-order valence-electron chi connectivity index (χ2n) is 3.28. The van der Waals surface area contributed by atoms with Crippen LogP contribution in [0.4, 0.5) is 4.79 Å². The van der Waals surface area contributed by atoms with Gasteiger partial charge < -0.3 is 4.90 Å². The zero-order valence-corrected chi connectivity index (χ0v) is 7.60. The van der Waals surface area contributed by atoms with E-state index < -0.39 is 0 Å². The minimum Gasteiger partial charge on any atom is -0.332 e. The van der Waals surface area contributed by atoms with E-state index >= 15 is 0 Å². The van der Waals surface area contributed by atoms with Crippen molar-refractivity contribution in [3.05, 3.63) is 0 Å². The van der Waals surface area contributed by atoms with Crippen molar-refractivity contribution in [3.63, 3.8) is 0 Å². The predicted molar refractivity (Wildman–Crippen MR) is 45.8 cm³/mol. The van der Waals surface area contributed by atoms with Crippen LogP contribution in [0.5, 0.6) is 0 Å². The molecule has 0 radical (unpaired) electrons. The van der Waals surface area contributed by atoms with Gasteiger partial charge in [-0.25, -0.2) is 0 Å². The Morgan fingerprint density at radius 1 is 1.55 bits per heavy atom. The van der Waals surface area contributed by atoms with Gasteiger partial charge in [-0.2, -0.15) is 0 Å². The molecule has 0 aliphatic heterocycles. The number of halogens is 1. The van der Waals surface area contributed by atoms with Gasteiger partial charge in [0.1, 0.15) is 0 Å². The Labute approximate surface area is 72.5 Å². The van der Waals surface area contributed by atoms with E-state index in [0.29, 0.717) is 5.92 Å². The van der Waals surface area contributed by atoms with Gasteiger partial charge in [0.2, 0.25) is 0 Å². The van der Waals surface area contributed by atoms with Crippen LogP contribution in [0.3, 0.4) is 0 Å². The van der Waals surface area contributed by atoms with Crippen molar-refractivity contribution < 1.29 is 4.79 Å². The van der Waals surface area contributed by atoms with Crippen LogP contribution in [0.2, 0.25) is 0 Å². The Balaban J connectivity index is 2.23. The molecule has 0 spiro atoms. The highest BCUT2D eigenvalue weighted by Crippen LogP contribution is 2.25. The smallest absolute Gasteiger partial charge is 0.316 e. The Hall–Kier alpha value is -0.240. The SMILES string of the molecule is CN(CC1CCCC1)C(=O)Cl. The molecule has 0 heterocycles. The maximum Gasteiger partial charge on any atom is 0.316 e. The van der Waals surface area contributed by atoms with Crippen molar-refractivity contribution in [2.75, 3.05) is 13.6 Å². The van der Waals surface area contributed by atoms with Crippen molar-refractivity contribution in [2.24, 2.45) is 5.92 Å². The highest BCUT2D eigenvalue weighted by Gasteiger charge is 2.18. The number of hydrogen-bond donors (Lipinski definition) is 0. The second kappa shape index (κ2) is 3.96. The molecule has 0 aromatic carbocycles. The summed E-state index contributed by atoms with van der Waals surface area (Å²) in [4.78, 5) is 12.2. The molecule has 0 bridgehead atoms. The molecule has 1 aliphatic carbocycles. The van der Waals surface area contributed by atoms with Gasteiger partial charge >= 0.3 is 5.37 Å². The van der Waals surface area contributed by atoms with E-state index in [2.05, 4.69) is 0 Å². The normalized spacial score (nSPS) is 18.7. The highest BCUT2D eigenvalue weighted by atomic mass is 35.5. The summed E-state index contributed by atoms with van der Waals surface area (Å²) in [5, 5.41) is -0.336. The molecular weight excluding hydrogens is 162 g/mol. The standard InChI is InChI=1S/C8H14ClNO/c1-10(8(9)11)6-7-4-2-3-5-7/h7H,2-6H2,1H3. The average Bonchev–Trinajstić information content (AvgIpc) is 2.39. The zero-order valence-electron chi connectivity index (χ0n) is 6.85. The molecule has 0 unspecified atom stereocenters. The minimum absolute atomic E-state index is 0.336. The van der Waals surface area contributed by atoms with Gasteiger partial charge in [0, 0.05) is 13.6 Å². The number of rotatable bonds is 2. The maximum atomic E-state index is 10.6. The van der Waals surface area contributed by atoms with Gasteiger partial charge in [-0.15, -0.1) is 0 Å². The summed E-state index contributed by atoms with van der Waals surface area (Å²) in [6.07, 6.45) is 5.15. The Morgan fingerprint density at radius 3 is 2.55 bits per heavy atom. The predicted octanol–water partition coefficient (Wildman–Crippen LogP) is 2.47. The molecule has 0 aromatic heterocycles. The lowest BCUT2D eigenvalue weighted by molar-refractivity contribution is 0.224. The first-order valence-electron chi connectivity index (χ1n) is 4.10. The summed E-state index contributed by atoms with van der Waals surface area (Å²) in [7, 11) is 1.76. The van der Waals surface area contributed by atoms with Crippen LogP contribution in [0, 0.1) is 5.92 Å². The zero-order chi connectivity index (χ0) is 8.27. The Morgan fingerprint density at radius 2 is 2.09 bits per heavy atom. The van der Waals surface area contributed by atoms with Gasteiger partial charge in [0.05, 0.1) is 0 Å². The van der Waals surface area contributed by atoms with Gasteiger partial charge in [0.25, 0.3) is 0 Å². The average molecular weight is 176 g/mol. The fourth-order valence-corrected chi connectivity index (χ4v) is 1.72. The lowest BCUT2D eigenvalue weighted by Gasteiger charge is -2.17. The van der Waals surface area contributed by atoms with Crippen LogP contribution in [0.25, 0.3) is 0 Å². The monoisotopic (exact) mass is 175 g/mol. The molecular formula is C8H14ClNO. The molecule has 2 nitrogen and oxygen atoms in total. The van der Waals surface area contributed by atoms with Gasteiger partial charge in [0.15, 0.2) is 0 Å². The van der Waals surface area contributed by atoms with E-state index in [0.717, 1.165) is 6.54 Å². The topological polar surface area (TPSA) is 20.3 Å². The van der Waals surface area contributed by atoms with Crippen LogP contribution in [0.15, 0.2) is 0 Å². The van der Waals surface area contributed by atoms with Gasteiger partial charge in [-0.1, -0.05) is 12.8 Å². The molecule has 64 valence electrons. The minimum atomic E-state index is -0.336. The molecule has 0 saturated heterocycles. The molecule has 3 heteroatoms. The summed E-state index contributed by atoms with van der Waals surface area (Å²) in [5.74, 6) is 0.697. The van der Waals surface area contributed by atoms with Crippen LogP contribution in [0.1, 0.15) is 25.7 Å². The number of carbonyl (C=O) groups is 1. The molecule has 0 N–H and O–H groups in total. The third-order valence-electron chi connectivity index (χ3n) is 2.31. The van der Waals surface area contributed by atoms with E-state index in [1.165, 1.54) is 25.7 Å². The quantitative estimate of drug-likeness (QED) is 0.467. The van der Waals surface area contributed by atoms with Gasteiger partial charge in [-0.3, -0.25) is 4.79 Å². The van der Waals surface area contributed by atoms with Crippen molar-refractivity contribution in [2.45, 2.75) is 25.7 Å². The highest BCUT2D eigenvalue weighted by molar-refractivity contribution is 6.62. The molecule has 0 atom stereocenters. The van der Waals surface area contributed by atoms with Gasteiger partial charge in [-0.05, 0) is 30.4 Å². The first kappa shape index (κ1) is 8.85. The van der Waals surface area contributed by atoms with E-state index in [9.17, 15) is 4.79 Å². The molecule has 1 saturated carbocycles. The van der Waals surface area contributed by atoms with E-state index in [4.69, 9.17) is 11.6 Å². The number of hydrogen-bond acceptors (Lipinski definition) is 1. The third kappa shape index (κ3) is 2.70. The summed E-state index contributed by atoms with van der Waals surface area (Å²) >= 11 is 5.29. The van der Waals surface area contributed by atoms with E-state index in [1.54, 1.807) is 11.9 Å². The summed E-state index contributed by atoms with van der Waals surface area (Å²) in [5.41, 5.74) is 0. The third-order valence-corrected chi connectivity index (χ3v) is 2.60. The fraction of sp³-hybridized carbons (Fsp3) is 0.875. The first-order chi connectivity index (χ1) is 5.20. The number of nitrogens with zero attached hydrogens (tertiary/aromatic N) is 1. The molecule has 11 heavy (non-hydrogen) atoms. The second-order valence-corrected chi connectivity index (χ2v) is 3.61. The molecule has 1 fully saturated rings. The lowest BCUT2D eigenvalue weighted by Crippen LogP contribution is -2.26. The number of carbonyl (C=O) groups excluding carboxylic acids is 1. The van der Waals surface area contributed by atoms with E-state index in [-0.39, 0.29) is 5.37 Å². The van der Waals surface area contributed by atoms with Crippen LogP contribution >= 0.6 is 11.6 Å². The lowest BCUT2D eigenvalue weighted by atomic mass is 10.1. The summed E-state index contributed by atoms with van der Waals surface area (Å²) in [6, 6.07) is 0. The van der Waals surface area contributed by atoms with Crippen LogP contribution in [-0.2, 0) is 0 Å². The van der Waals surface area contributed by atoms with E-state index in [1.807, 2.05) is 0 Å². The van der Waals surface area contributed by atoms with Crippen molar-refractivity contribution in [1.82, 2.24) is 4.90 Å². The Kier molecular flexibility index (Phi) is 3.18. The summed E-state index contributed by atoms with van der Waals surface area (Å²) in [6.45, 7) is 0.836. The van der Waals surface area contributed by atoms with Crippen molar-refractivity contribution >= 4 is 17.0 Å². The molecule has 0 aromatic rings. The molecule has 1 amide bonds. The molecule has 1 aliphatic rings. The van der Waals surface area contributed by atoms with Crippen molar-refractivity contribution in [1.29, 1.82) is 0 Å². The van der Waals surface area contributed by atoms with Crippen LogP contribution in [-0.4, -0.2) is 23.9 Å². The largest absolute Gasteiger partial charge is 0.332 e. The Bertz CT molecular complexity index is 143. The fourth-order valence-electron chi connectivity index (χ4n) is 1.65. The number of amides is 1. The van der Waals surface area contributed by atoms with Crippen LogP contribution < -0.4 is 0 Å². The first-order valence-corrected chi connectivity index (χ1v) is 4.48. The summed E-state index contributed by atoms with van der Waals surface area (Å²) < 4.78 is 0. The maximum absolute atomic E-state index is 10.6. The van der Waals surface area contributed by atoms with Crippen molar-refractivity contribution in [3.8, 4) is 0 Å².